The van der Waals surface area contributed by atoms with Crippen molar-refractivity contribution in [3.63, 3.8) is 0 Å². The van der Waals surface area contributed by atoms with E-state index in [1.807, 2.05) is 78.9 Å². The fraction of sp³-hybridized carbons (Fsp3) is 0.200. The third kappa shape index (κ3) is 12.0. The van der Waals surface area contributed by atoms with E-state index in [0.29, 0.717) is 25.2 Å². The van der Waals surface area contributed by atoms with Crippen LogP contribution >= 0.6 is 11.6 Å². The number of nitrogens with two attached hydrogens (primary N) is 1. The highest BCUT2D eigenvalue weighted by Gasteiger charge is 2.02. The van der Waals surface area contributed by atoms with E-state index in [-0.39, 0.29) is 11.9 Å². The number of phenols is 1. The summed E-state index contributed by atoms with van der Waals surface area (Å²) in [6.45, 7) is 1.92. The first-order chi connectivity index (χ1) is 17.8. The zero-order valence-corrected chi connectivity index (χ0v) is 21.8. The molecule has 0 spiro atoms. The van der Waals surface area contributed by atoms with Crippen LogP contribution in [0.2, 0.25) is 5.02 Å². The molecule has 4 aromatic carbocycles. The molecule has 194 valence electrons. The lowest BCUT2D eigenvalue weighted by Crippen LogP contribution is -2.03. The van der Waals surface area contributed by atoms with Crippen molar-refractivity contribution in [1.82, 2.24) is 0 Å². The average Bonchev–Trinajstić information content (AvgIpc) is 2.89. The van der Waals surface area contributed by atoms with E-state index in [1.54, 1.807) is 12.1 Å². The maximum absolute atomic E-state index is 11.1. The normalized spacial score (nSPS) is 9.81. The molecule has 0 atom stereocenters. The fourth-order valence-corrected chi connectivity index (χ4v) is 3.34. The molecule has 0 heterocycles. The summed E-state index contributed by atoms with van der Waals surface area (Å²) in [5.41, 5.74) is 6.76. The van der Waals surface area contributed by atoms with Crippen molar-refractivity contribution in [1.29, 1.82) is 0 Å². The Balaban J connectivity index is 0.000000264. The molecule has 0 unspecified atom stereocenters. The topological polar surface area (TPSA) is 98.9 Å². The molecule has 6 nitrogen and oxygen atoms in total. The van der Waals surface area contributed by atoms with Crippen molar-refractivity contribution in [3.8, 4) is 11.5 Å². The average molecular weight is 522 g/mol. The number of halogens is 1. The number of amides is 1. The predicted octanol–water partition coefficient (Wildman–Crippen LogP) is 6.10. The molecule has 0 aliphatic carbocycles. The summed E-state index contributed by atoms with van der Waals surface area (Å²) < 4.78 is 10.3. The van der Waals surface area contributed by atoms with Gasteiger partial charge in [0.05, 0.1) is 13.7 Å². The summed E-state index contributed by atoms with van der Waals surface area (Å²) in [5, 5.41) is 12.1. The SMILES string of the molecule is CC(N)=O.COC(=O)CCc1ccc(OCCc2ccc(Cl)cc2)cc1.Oc1ccc2ccccc2c1. The van der Waals surface area contributed by atoms with Crippen molar-refractivity contribution in [3.05, 3.63) is 107 Å². The summed E-state index contributed by atoms with van der Waals surface area (Å²) in [7, 11) is 1.40. The predicted molar refractivity (Wildman–Crippen MR) is 148 cm³/mol. The largest absolute Gasteiger partial charge is 0.508 e. The van der Waals surface area contributed by atoms with Crippen LogP contribution in [0, 0.1) is 0 Å². The minimum atomic E-state index is -0.333. The highest BCUT2D eigenvalue weighted by atomic mass is 35.5. The molecule has 0 radical (unpaired) electrons. The van der Waals surface area contributed by atoms with Gasteiger partial charge >= 0.3 is 5.97 Å². The Morgan fingerprint density at radius 1 is 0.838 bits per heavy atom. The second-order valence-electron chi connectivity index (χ2n) is 8.09. The Morgan fingerprint density at radius 2 is 1.41 bits per heavy atom. The standard InChI is InChI=1S/C18H19ClO3.C10H8O.C2H5NO/c1-21-18(20)11-6-14-4-9-17(10-5-14)22-13-12-15-2-7-16(19)8-3-15;11-10-6-5-8-3-1-2-4-9(8)7-10;1-2(3)4/h2-5,7-10H,6,11-13H2,1H3;1-7,11H;1H3,(H2,3,4). The van der Waals surface area contributed by atoms with Gasteiger partial charge in [-0.1, -0.05) is 66.2 Å². The lowest BCUT2D eigenvalue weighted by atomic mass is 10.1. The van der Waals surface area contributed by atoms with Crippen molar-refractivity contribution < 1.29 is 24.2 Å². The zero-order valence-electron chi connectivity index (χ0n) is 21.0. The maximum Gasteiger partial charge on any atom is 0.305 e. The van der Waals surface area contributed by atoms with Crippen molar-refractivity contribution in [2.75, 3.05) is 13.7 Å². The number of methoxy groups -OCH3 is 1. The maximum atomic E-state index is 11.1. The number of aryl methyl sites for hydroxylation is 1. The summed E-state index contributed by atoms with van der Waals surface area (Å²) >= 11 is 5.85. The monoisotopic (exact) mass is 521 g/mol. The summed E-state index contributed by atoms with van der Waals surface area (Å²) in [6, 6.07) is 28.9. The van der Waals surface area contributed by atoms with Gasteiger partial charge in [-0.25, -0.2) is 0 Å². The van der Waals surface area contributed by atoms with Gasteiger partial charge in [0.2, 0.25) is 5.91 Å². The van der Waals surface area contributed by atoms with Gasteiger partial charge in [-0.3, -0.25) is 9.59 Å². The Kier molecular flexibility index (Phi) is 12.5. The molecule has 0 saturated heterocycles. The number of primary amides is 1. The summed E-state index contributed by atoms with van der Waals surface area (Å²) in [5.74, 6) is 0.628. The van der Waals surface area contributed by atoms with Crippen LogP contribution in [-0.2, 0) is 27.2 Å². The molecule has 4 aromatic rings. The number of phenolic OH excluding ortho intramolecular Hbond substituents is 1. The number of benzene rings is 4. The van der Waals surface area contributed by atoms with Gasteiger partial charge in [0.15, 0.2) is 0 Å². The van der Waals surface area contributed by atoms with Crippen molar-refractivity contribution in [2.45, 2.75) is 26.2 Å². The third-order valence-corrected chi connectivity index (χ3v) is 5.33. The minimum absolute atomic E-state index is 0.191. The Morgan fingerprint density at radius 3 is 2.03 bits per heavy atom. The number of aromatic hydroxyl groups is 1. The van der Waals surface area contributed by atoms with E-state index in [1.165, 1.54) is 19.6 Å². The minimum Gasteiger partial charge on any atom is -0.508 e. The van der Waals surface area contributed by atoms with Gasteiger partial charge in [-0.15, -0.1) is 0 Å². The number of carbonyl (C=O) groups excluding carboxylic acids is 2. The lowest BCUT2D eigenvalue weighted by Gasteiger charge is -2.07. The van der Waals surface area contributed by atoms with Crippen LogP contribution in [-0.4, -0.2) is 30.7 Å². The Labute approximate surface area is 222 Å². The Bertz CT molecular complexity index is 1250. The van der Waals surface area contributed by atoms with E-state index in [2.05, 4.69) is 10.5 Å². The molecule has 7 heteroatoms. The van der Waals surface area contributed by atoms with Gasteiger partial charge in [-0.2, -0.15) is 0 Å². The number of rotatable bonds is 7. The van der Waals surface area contributed by atoms with E-state index < -0.39 is 0 Å². The summed E-state index contributed by atoms with van der Waals surface area (Å²) in [6.07, 6.45) is 1.91. The molecule has 4 rings (SSSR count). The second-order valence-corrected chi connectivity index (χ2v) is 8.52. The van der Waals surface area contributed by atoms with Crippen LogP contribution < -0.4 is 10.5 Å². The van der Waals surface area contributed by atoms with Crippen LogP contribution in [0.5, 0.6) is 11.5 Å². The zero-order chi connectivity index (χ0) is 27.0. The molecule has 3 N–H and O–H groups in total. The van der Waals surface area contributed by atoms with Crippen molar-refractivity contribution >= 4 is 34.2 Å². The molecular weight excluding hydrogens is 490 g/mol. The number of hydrogen-bond donors (Lipinski definition) is 2. The van der Waals surface area contributed by atoms with Crippen LogP contribution in [0.3, 0.4) is 0 Å². The van der Waals surface area contributed by atoms with E-state index in [0.717, 1.165) is 33.5 Å². The second kappa shape index (κ2) is 15.9. The van der Waals surface area contributed by atoms with E-state index in [4.69, 9.17) is 21.4 Å². The molecule has 0 aliphatic heterocycles. The van der Waals surface area contributed by atoms with Crippen molar-refractivity contribution in [2.24, 2.45) is 5.73 Å². The van der Waals surface area contributed by atoms with Crippen LogP contribution in [0.4, 0.5) is 0 Å². The first kappa shape index (κ1) is 29.2. The van der Waals surface area contributed by atoms with Gasteiger partial charge < -0.3 is 20.3 Å². The molecular formula is C30H32ClNO5. The number of carbonyl (C=O) groups is 2. The van der Waals surface area contributed by atoms with Crippen LogP contribution in [0.1, 0.15) is 24.5 Å². The van der Waals surface area contributed by atoms with Gasteiger partial charge in [0.1, 0.15) is 11.5 Å². The van der Waals surface area contributed by atoms with E-state index >= 15 is 0 Å². The quantitative estimate of drug-likeness (QED) is 0.286. The number of esters is 1. The van der Waals surface area contributed by atoms with Crippen LogP contribution in [0.15, 0.2) is 91.0 Å². The highest BCUT2D eigenvalue weighted by Crippen LogP contribution is 2.19. The third-order valence-electron chi connectivity index (χ3n) is 5.07. The molecule has 37 heavy (non-hydrogen) atoms. The first-order valence-electron chi connectivity index (χ1n) is 11.7. The molecule has 0 bridgehead atoms. The fourth-order valence-electron chi connectivity index (χ4n) is 3.22. The van der Waals surface area contributed by atoms with Crippen LogP contribution in [0.25, 0.3) is 10.8 Å². The first-order valence-corrected chi connectivity index (χ1v) is 12.1. The van der Waals surface area contributed by atoms with Gasteiger partial charge in [0.25, 0.3) is 0 Å². The van der Waals surface area contributed by atoms with Gasteiger partial charge in [-0.05, 0) is 64.7 Å². The molecule has 0 aromatic heterocycles. The summed E-state index contributed by atoms with van der Waals surface area (Å²) in [4.78, 5) is 20.3. The molecule has 0 aliphatic rings. The number of ether oxygens (including phenoxy) is 2. The molecule has 0 saturated carbocycles. The highest BCUT2D eigenvalue weighted by molar-refractivity contribution is 6.30. The molecule has 0 fully saturated rings. The molecule has 1 amide bonds. The number of fused-ring (bicyclic) bond motifs is 1. The smallest absolute Gasteiger partial charge is 0.305 e. The number of hydrogen-bond acceptors (Lipinski definition) is 5. The van der Waals surface area contributed by atoms with Gasteiger partial charge in [0, 0.05) is 24.8 Å². The van der Waals surface area contributed by atoms with E-state index in [9.17, 15) is 9.59 Å². The lowest BCUT2D eigenvalue weighted by molar-refractivity contribution is -0.140. The Hall–Kier alpha value is -4.03.